The molecule has 0 aromatic heterocycles. The molecule has 0 saturated carbocycles. The van der Waals surface area contributed by atoms with E-state index in [9.17, 15) is 0 Å². The number of guanidine groups is 1. The van der Waals surface area contributed by atoms with Gasteiger partial charge in [-0.15, -0.1) is 0 Å². The molecule has 1 aromatic rings. The average molecular weight is 350 g/mol. The number of rotatable bonds is 11. The molecule has 1 unspecified atom stereocenters. The van der Waals surface area contributed by atoms with E-state index in [1.165, 1.54) is 5.56 Å². The van der Waals surface area contributed by atoms with E-state index in [4.69, 9.17) is 9.47 Å². The number of nitrogens with zero attached hydrogens (tertiary/aromatic N) is 1. The highest BCUT2D eigenvalue weighted by molar-refractivity contribution is 5.80. The molecule has 0 aliphatic carbocycles. The van der Waals surface area contributed by atoms with Crippen molar-refractivity contribution in [2.24, 2.45) is 10.9 Å². The van der Waals surface area contributed by atoms with Gasteiger partial charge in [0.05, 0.1) is 12.6 Å². The van der Waals surface area contributed by atoms with E-state index in [1.54, 1.807) is 7.05 Å². The lowest BCUT2D eigenvalue weighted by atomic mass is 10.1. The van der Waals surface area contributed by atoms with Gasteiger partial charge in [0.25, 0.3) is 0 Å². The summed E-state index contributed by atoms with van der Waals surface area (Å²) in [6.45, 7) is 11.7. The number of benzene rings is 1. The monoisotopic (exact) mass is 349 g/mol. The minimum absolute atomic E-state index is 0.175. The molecule has 0 aliphatic rings. The fraction of sp³-hybridized carbons (Fsp3) is 0.650. The van der Waals surface area contributed by atoms with Gasteiger partial charge >= 0.3 is 0 Å². The van der Waals surface area contributed by atoms with E-state index >= 15 is 0 Å². The topological polar surface area (TPSA) is 54.9 Å². The highest BCUT2D eigenvalue weighted by Gasteiger charge is 2.08. The summed E-state index contributed by atoms with van der Waals surface area (Å²) in [4.78, 5) is 4.29. The summed E-state index contributed by atoms with van der Waals surface area (Å²) in [6, 6.07) is 8.43. The van der Waals surface area contributed by atoms with Crippen LogP contribution in [0.2, 0.25) is 0 Å². The van der Waals surface area contributed by atoms with E-state index < -0.39 is 0 Å². The molecule has 0 spiro atoms. The Hall–Kier alpha value is -1.75. The van der Waals surface area contributed by atoms with Gasteiger partial charge in [-0.05, 0) is 50.3 Å². The van der Waals surface area contributed by atoms with Crippen LogP contribution in [0.3, 0.4) is 0 Å². The molecule has 0 radical (unpaired) electrons. The highest BCUT2D eigenvalue weighted by atomic mass is 16.5. The Bertz CT molecular complexity index is 486. The standard InChI is InChI=1S/C20H35N3O2/c1-6-24-14-8-7-13-22-20(21-5)23-17(4)18-9-11-19(12-10-18)25-15-16(2)3/h9-12,16-17H,6-8,13-15H2,1-5H3,(H2,21,22,23). The summed E-state index contributed by atoms with van der Waals surface area (Å²) in [5.41, 5.74) is 1.20. The molecule has 0 aliphatic heterocycles. The van der Waals surface area contributed by atoms with E-state index in [1.807, 2.05) is 19.1 Å². The third kappa shape index (κ3) is 9.34. The van der Waals surface area contributed by atoms with Crippen molar-refractivity contribution in [1.29, 1.82) is 0 Å². The van der Waals surface area contributed by atoms with Crippen LogP contribution in [0.15, 0.2) is 29.3 Å². The van der Waals surface area contributed by atoms with E-state index in [2.05, 4.69) is 48.5 Å². The van der Waals surface area contributed by atoms with Crippen LogP contribution < -0.4 is 15.4 Å². The van der Waals surface area contributed by atoms with Crippen molar-refractivity contribution in [2.75, 3.05) is 33.4 Å². The van der Waals surface area contributed by atoms with Gasteiger partial charge < -0.3 is 20.1 Å². The van der Waals surface area contributed by atoms with Crippen molar-refractivity contribution in [3.05, 3.63) is 29.8 Å². The van der Waals surface area contributed by atoms with Crippen LogP contribution >= 0.6 is 0 Å². The Morgan fingerprint density at radius 3 is 2.44 bits per heavy atom. The number of hydrogen-bond donors (Lipinski definition) is 2. The van der Waals surface area contributed by atoms with Gasteiger partial charge in [-0.2, -0.15) is 0 Å². The van der Waals surface area contributed by atoms with Crippen LogP contribution in [0.4, 0.5) is 0 Å². The third-order valence-corrected chi connectivity index (χ3v) is 3.75. The molecular formula is C20H35N3O2. The fourth-order valence-electron chi connectivity index (χ4n) is 2.28. The molecule has 0 heterocycles. The lowest BCUT2D eigenvalue weighted by Gasteiger charge is -2.19. The molecule has 1 aromatic carbocycles. The molecule has 5 nitrogen and oxygen atoms in total. The maximum Gasteiger partial charge on any atom is 0.191 e. The maximum atomic E-state index is 5.73. The first-order valence-electron chi connectivity index (χ1n) is 9.34. The molecular weight excluding hydrogens is 314 g/mol. The summed E-state index contributed by atoms with van der Waals surface area (Å²) in [6.07, 6.45) is 2.13. The zero-order chi connectivity index (χ0) is 18.5. The SMILES string of the molecule is CCOCCCCNC(=NC)NC(C)c1ccc(OCC(C)C)cc1. The Balaban J connectivity index is 2.38. The fourth-order valence-corrected chi connectivity index (χ4v) is 2.28. The summed E-state index contributed by atoms with van der Waals surface area (Å²) >= 11 is 0. The van der Waals surface area contributed by atoms with Crippen LogP contribution in [-0.4, -0.2) is 39.4 Å². The number of aliphatic imine (C=N–C) groups is 1. The molecule has 1 atom stereocenters. The highest BCUT2D eigenvalue weighted by Crippen LogP contribution is 2.18. The predicted octanol–water partition coefficient (Wildman–Crippen LogP) is 3.76. The van der Waals surface area contributed by atoms with E-state index in [0.29, 0.717) is 5.92 Å². The van der Waals surface area contributed by atoms with Crippen LogP contribution in [0, 0.1) is 5.92 Å². The number of ether oxygens (including phenoxy) is 2. The molecule has 0 bridgehead atoms. The van der Waals surface area contributed by atoms with Crippen molar-refractivity contribution < 1.29 is 9.47 Å². The second-order valence-corrected chi connectivity index (χ2v) is 6.54. The Morgan fingerprint density at radius 1 is 1.12 bits per heavy atom. The first-order chi connectivity index (χ1) is 12.1. The third-order valence-electron chi connectivity index (χ3n) is 3.75. The van der Waals surface area contributed by atoms with E-state index in [-0.39, 0.29) is 6.04 Å². The Morgan fingerprint density at radius 2 is 1.84 bits per heavy atom. The van der Waals surface area contributed by atoms with Gasteiger partial charge in [0, 0.05) is 26.8 Å². The molecule has 25 heavy (non-hydrogen) atoms. The predicted molar refractivity (Wildman–Crippen MR) is 105 cm³/mol. The Kier molecular flexibility index (Phi) is 10.7. The number of unbranched alkanes of at least 4 members (excludes halogenated alkanes) is 1. The lowest BCUT2D eigenvalue weighted by molar-refractivity contribution is 0.143. The summed E-state index contributed by atoms with van der Waals surface area (Å²) in [5.74, 6) is 2.27. The molecule has 0 amide bonds. The second kappa shape index (κ2) is 12.6. The van der Waals surface area contributed by atoms with Crippen LogP contribution in [0.25, 0.3) is 0 Å². The van der Waals surface area contributed by atoms with Crippen LogP contribution in [-0.2, 0) is 4.74 Å². The maximum absolute atomic E-state index is 5.73. The smallest absolute Gasteiger partial charge is 0.191 e. The lowest BCUT2D eigenvalue weighted by Crippen LogP contribution is -2.39. The van der Waals surface area contributed by atoms with Crippen LogP contribution in [0.1, 0.15) is 52.1 Å². The molecule has 0 fully saturated rings. The van der Waals surface area contributed by atoms with Gasteiger partial charge in [-0.3, -0.25) is 4.99 Å². The zero-order valence-electron chi connectivity index (χ0n) is 16.5. The second-order valence-electron chi connectivity index (χ2n) is 6.54. The van der Waals surface area contributed by atoms with Gasteiger partial charge in [-0.25, -0.2) is 0 Å². The summed E-state index contributed by atoms with van der Waals surface area (Å²) in [5, 5.41) is 6.77. The van der Waals surface area contributed by atoms with Gasteiger partial charge in [0.2, 0.25) is 0 Å². The first-order valence-corrected chi connectivity index (χ1v) is 9.34. The Labute approximate surface area is 153 Å². The number of nitrogens with one attached hydrogen (secondary N) is 2. The molecule has 5 heteroatoms. The average Bonchev–Trinajstić information content (AvgIpc) is 2.62. The van der Waals surface area contributed by atoms with Crippen molar-refractivity contribution in [3.8, 4) is 5.75 Å². The summed E-state index contributed by atoms with van der Waals surface area (Å²) < 4.78 is 11.1. The quantitative estimate of drug-likeness (QED) is 0.363. The zero-order valence-corrected chi connectivity index (χ0v) is 16.5. The van der Waals surface area contributed by atoms with E-state index in [0.717, 1.165) is 50.9 Å². The van der Waals surface area contributed by atoms with Crippen molar-refractivity contribution in [1.82, 2.24) is 10.6 Å². The minimum atomic E-state index is 0.175. The minimum Gasteiger partial charge on any atom is -0.493 e. The first kappa shape index (κ1) is 21.3. The van der Waals surface area contributed by atoms with Crippen LogP contribution in [0.5, 0.6) is 5.75 Å². The summed E-state index contributed by atoms with van der Waals surface area (Å²) in [7, 11) is 1.80. The van der Waals surface area contributed by atoms with Gasteiger partial charge in [-0.1, -0.05) is 26.0 Å². The molecule has 1 rings (SSSR count). The molecule has 142 valence electrons. The molecule has 0 saturated heterocycles. The van der Waals surface area contributed by atoms with Gasteiger partial charge in [0.1, 0.15) is 5.75 Å². The largest absolute Gasteiger partial charge is 0.493 e. The molecule has 2 N–H and O–H groups in total. The van der Waals surface area contributed by atoms with Gasteiger partial charge in [0.15, 0.2) is 5.96 Å². The number of hydrogen-bond acceptors (Lipinski definition) is 3. The van der Waals surface area contributed by atoms with Crippen molar-refractivity contribution in [2.45, 2.75) is 46.6 Å². The van der Waals surface area contributed by atoms with Crippen molar-refractivity contribution >= 4 is 5.96 Å². The normalized spacial score (nSPS) is 13.0. The van der Waals surface area contributed by atoms with Crippen molar-refractivity contribution in [3.63, 3.8) is 0 Å².